The van der Waals surface area contributed by atoms with Gasteiger partial charge in [0.1, 0.15) is 5.75 Å². The predicted octanol–water partition coefficient (Wildman–Crippen LogP) is 3.86. The Balaban J connectivity index is 1.87. The molecule has 2 aromatic carbocycles. The van der Waals surface area contributed by atoms with Crippen LogP contribution in [0.4, 0.5) is 5.69 Å². The van der Waals surface area contributed by atoms with Gasteiger partial charge >= 0.3 is 5.97 Å². The van der Waals surface area contributed by atoms with Gasteiger partial charge in [0.15, 0.2) is 5.78 Å². The molecule has 0 heterocycles. The summed E-state index contributed by atoms with van der Waals surface area (Å²) in [4.78, 5) is 36.0. The first-order chi connectivity index (χ1) is 13.0. The zero-order chi connectivity index (χ0) is 19.6. The van der Waals surface area contributed by atoms with E-state index in [4.69, 9.17) is 9.47 Å². The highest BCUT2D eigenvalue weighted by molar-refractivity contribution is 6.00. The Morgan fingerprint density at radius 2 is 1.63 bits per heavy atom. The Bertz CT molecular complexity index is 798. The molecule has 2 aromatic rings. The normalized spacial score (nSPS) is 10.1. The minimum atomic E-state index is -0.445. The van der Waals surface area contributed by atoms with Crippen molar-refractivity contribution in [2.45, 2.75) is 26.7 Å². The molecule has 0 aliphatic heterocycles. The smallest absolute Gasteiger partial charge is 0.338 e. The molecule has 27 heavy (non-hydrogen) atoms. The monoisotopic (exact) mass is 369 g/mol. The van der Waals surface area contributed by atoms with E-state index >= 15 is 0 Å². The van der Waals surface area contributed by atoms with Crippen molar-refractivity contribution in [1.29, 1.82) is 0 Å². The van der Waals surface area contributed by atoms with Crippen LogP contribution in [0, 0.1) is 0 Å². The van der Waals surface area contributed by atoms with Gasteiger partial charge in [-0.15, -0.1) is 0 Å². The van der Waals surface area contributed by atoms with Crippen LogP contribution >= 0.6 is 0 Å². The highest BCUT2D eigenvalue weighted by atomic mass is 16.5. The van der Waals surface area contributed by atoms with Crippen LogP contribution in [0.3, 0.4) is 0 Å². The summed E-state index contributed by atoms with van der Waals surface area (Å²) in [5, 5.41) is 2.69. The second kappa shape index (κ2) is 10.1. The fraction of sp³-hybridized carbons (Fsp3) is 0.286. The number of carbonyl (C=O) groups is 3. The third kappa shape index (κ3) is 6.26. The summed E-state index contributed by atoms with van der Waals surface area (Å²) >= 11 is 0. The molecule has 1 amide bonds. The first-order valence-electron chi connectivity index (χ1n) is 8.86. The summed E-state index contributed by atoms with van der Waals surface area (Å²) < 4.78 is 10.3. The van der Waals surface area contributed by atoms with E-state index in [1.807, 2.05) is 6.92 Å². The minimum Gasteiger partial charge on any atom is -0.494 e. The lowest BCUT2D eigenvalue weighted by Crippen LogP contribution is -2.14. The topological polar surface area (TPSA) is 81.7 Å². The fourth-order valence-electron chi connectivity index (χ4n) is 2.44. The average molecular weight is 369 g/mol. The standard InChI is InChI=1S/C21H23NO5/c1-3-26-18-10-8-15(9-11-18)19(23)12-13-20(24)22-17-7-5-6-16(14-17)21(25)27-4-2/h5-11,14H,3-4,12-13H2,1-2H3,(H,22,24). The van der Waals surface area contributed by atoms with Crippen molar-refractivity contribution in [3.05, 3.63) is 59.7 Å². The van der Waals surface area contributed by atoms with Crippen LogP contribution in [-0.2, 0) is 9.53 Å². The van der Waals surface area contributed by atoms with E-state index in [1.165, 1.54) is 0 Å². The zero-order valence-corrected chi connectivity index (χ0v) is 15.5. The number of hydrogen-bond donors (Lipinski definition) is 1. The molecule has 0 fully saturated rings. The van der Waals surface area contributed by atoms with Crippen molar-refractivity contribution < 1.29 is 23.9 Å². The summed E-state index contributed by atoms with van der Waals surface area (Å²) in [7, 11) is 0. The number of hydrogen-bond acceptors (Lipinski definition) is 5. The maximum atomic E-state index is 12.2. The lowest BCUT2D eigenvalue weighted by Gasteiger charge is -2.08. The maximum Gasteiger partial charge on any atom is 0.338 e. The molecule has 0 aromatic heterocycles. The first-order valence-corrected chi connectivity index (χ1v) is 8.86. The molecule has 0 saturated heterocycles. The fourth-order valence-corrected chi connectivity index (χ4v) is 2.44. The van der Waals surface area contributed by atoms with Crippen LogP contribution in [0.15, 0.2) is 48.5 Å². The summed E-state index contributed by atoms with van der Waals surface area (Å²) in [6, 6.07) is 13.3. The molecule has 0 saturated carbocycles. The Labute approximate surface area is 158 Å². The predicted molar refractivity (Wildman–Crippen MR) is 102 cm³/mol. The quantitative estimate of drug-likeness (QED) is 0.536. The number of esters is 1. The highest BCUT2D eigenvalue weighted by Crippen LogP contribution is 2.15. The Hall–Kier alpha value is -3.15. The molecule has 1 N–H and O–H groups in total. The van der Waals surface area contributed by atoms with Crippen molar-refractivity contribution in [3.63, 3.8) is 0 Å². The SMILES string of the molecule is CCOC(=O)c1cccc(NC(=O)CCC(=O)c2ccc(OCC)cc2)c1. The molecule has 0 radical (unpaired) electrons. The second-order valence-corrected chi connectivity index (χ2v) is 5.73. The average Bonchev–Trinajstić information content (AvgIpc) is 2.67. The Morgan fingerprint density at radius 3 is 2.30 bits per heavy atom. The molecule has 142 valence electrons. The summed E-state index contributed by atoms with van der Waals surface area (Å²) in [6.07, 6.45) is 0.146. The number of ether oxygens (including phenoxy) is 2. The van der Waals surface area contributed by atoms with E-state index in [0.29, 0.717) is 29.2 Å². The summed E-state index contributed by atoms with van der Waals surface area (Å²) in [5.74, 6) is -0.156. The van der Waals surface area contributed by atoms with Crippen LogP contribution in [0.5, 0.6) is 5.75 Å². The third-order valence-corrected chi connectivity index (χ3v) is 3.72. The second-order valence-electron chi connectivity index (χ2n) is 5.73. The van der Waals surface area contributed by atoms with Crippen LogP contribution in [-0.4, -0.2) is 30.9 Å². The van der Waals surface area contributed by atoms with Gasteiger partial charge < -0.3 is 14.8 Å². The molecule has 0 atom stereocenters. The van der Waals surface area contributed by atoms with Crippen molar-refractivity contribution in [2.24, 2.45) is 0 Å². The number of amides is 1. The number of nitrogens with one attached hydrogen (secondary N) is 1. The van der Waals surface area contributed by atoms with E-state index in [1.54, 1.807) is 55.5 Å². The van der Waals surface area contributed by atoms with Gasteiger partial charge in [-0.3, -0.25) is 9.59 Å². The van der Waals surface area contributed by atoms with Gasteiger partial charge in [0, 0.05) is 24.1 Å². The molecule has 0 bridgehead atoms. The number of Topliss-reactive ketones (excluding diaryl/α,β-unsaturated/α-hetero) is 1. The molecular weight excluding hydrogens is 346 g/mol. The molecule has 6 nitrogen and oxygen atoms in total. The van der Waals surface area contributed by atoms with Crippen molar-refractivity contribution >= 4 is 23.3 Å². The number of benzene rings is 2. The van der Waals surface area contributed by atoms with E-state index < -0.39 is 5.97 Å². The van der Waals surface area contributed by atoms with E-state index in [-0.39, 0.29) is 31.1 Å². The van der Waals surface area contributed by atoms with Crippen LogP contribution in [0.1, 0.15) is 47.4 Å². The third-order valence-electron chi connectivity index (χ3n) is 3.72. The van der Waals surface area contributed by atoms with Crippen molar-refractivity contribution in [1.82, 2.24) is 0 Å². The number of rotatable bonds is 9. The number of anilines is 1. The largest absolute Gasteiger partial charge is 0.494 e. The van der Waals surface area contributed by atoms with Gasteiger partial charge in [-0.05, 0) is 56.3 Å². The number of ketones is 1. The van der Waals surface area contributed by atoms with Gasteiger partial charge in [0.2, 0.25) is 5.91 Å². The molecule has 6 heteroatoms. The highest BCUT2D eigenvalue weighted by Gasteiger charge is 2.11. The van der Waals surface area contributed by atoms with Gasteiger partial charge in [0.25, 0.3) is 0 Å². The van der Waals surface area contributed by atoms with Crippen LogP contribution in [0.25, 0.3) is 0 Å². The molecule has 0 aliphatic rings. The first kappa shape index (κ1) is 20.2. The van der Waals surface area contributed by atoms with E-state index in [0.717, 1.165) is 0 Å². The minimum absolute atomic E-state index is 0.0513. The summed E-state index contributed by atoms with van der Waals surface area (Å²) in [6.45, 7) is 4.46. The van der Waals surface area contributed by atoms with Gasteiger partial charge in [-0.1, -0.05) is 6.07 Å². The summed E-state index contributed by atoms with van der Waals surface area (Å²) in [5.41, 5.74) is 1.38. The Kier molecular flexibility index (Phi) is 7.55. The lowest BCUT2D eigenvalue weighted by molar-refractivity contribution is -0.116. The number of carbonyl (C=O) groups excluding carboxylic acids is 3. The van der Waals surface area contributed by atoms with E-state index in [2.05, 4.69) is 5.32 Å². The molecular formula is C21H23NO5. The molecule has 0 unspecified atom stereocenters. The van der Waals surface area contributed by atoms with Gasteiger partial charge in [-0.25, -0.2) is 4.79 Å². The van der Waals surface area contributed by atoms with Crippen molar-refractivity contribution in [3.8, 4) is 5.75 Å². The molecule has 2 rings (SSSR count). The maximum absolute atomic E-state index is 12.2. The van der Waals surface area contributed by atoms with Crippen LogP contribution < -0.4 is 10.1 Å². The molecule has 0 spiro atoms. The lowest BCUT2D eigenvalue weighted by atomic mass is 10.1. The van der Waals surface area contributed by atoms with Gasteiger partial charge in [-0.2, -0.15) is 0 Å². The van der Waals surface area contributed by atoms with Crippen molar-refractivity contribution in [2.75, 3.05) is 18.5 Å². The molecule has 0 aliphatic carbocycles. The van der Waals surface area contributed by atoms with Crippen LogP contribution in [0.2, 0.25) is 0 Å². The zero-order valence-electron chi connectivity index (χ0n) is 15.5. The van der Waals surface area contributed by atoms with Gasteiger partial charge in [0.05, 0.1) is 18.8 Å². The van der Waals surface area contributed by atoms with E-state index in [9.17, 15) is 14.4 Å². The Morgan fingerprint density at radius 1 is 0.889 bits per heavy atom.